The van der Waals surface area contributed by atoms with Crippen LogP contribution in [0.25, 0.3) is 0 Å². The van der Waals surface area contributed by atoms with E-state index in [0.29, 0.717) is 24.9 Å². The molecule has 0 bridgehead atoms. The molecule has 0 aliphatic heterocycles. The lowest BCUT2D eigenvalue weighted by molar-refractivity contribution is 0.0440. The molecule has 0 saturated heterocycles. The van der Waals surface area contributed by atoms with Crippen molar-refractivity contribution in [2.24, 2.45) is 11.8 Å². The molecule has 1 N–H and O–H groups in total. The Morgan fingerprint density at radius 1 is 1.04 bits per heavy atom. The fourth-order valence-corrected chi connectivity index (χ4v) is 2.49. The van der Waals surface area contributed by atoms with E-state index >= 15 is 0 Å². The van der Waals surface area contributed by atoms with Crippen molar-refractivity contribution in [2.75, 3.05) is 19.7 Å². The van der Waals surface area contributed by atoms with Crippen molar-refractivity contribution in [3.63, 3.8) is 0 Å². The van der Waals surface area contributed by atoms with Crippen LogP contribution in [0.5, 0.6) is 0 Å². The Labute approximate surface area is 160 Å². The van der Waals surface area contributed by atoms with Crippen molar-refractivity contribution >= 4 is 12.2 Å². The molecule has 0 spiro atoms. The van der Waals surface area contributed by atoms with Gasteiger partial charge in [-0.25, -0.2) is 9.59 Å². The highest BCUT2D eigenvalue weighted by atomic mass is 16.6. The van der Waals surface area contributed by atoms with Crippen molar-refractivity contribution in [3.05, 3.63) is 0 Å². The van der Waals surface area contributed by atoms with Crippen molar-refractivity contribution in [1.29, 1.82) is 0 Å². The molecule has 0 fully saturated rings. The predicted molar refractivity (Wildman–Crippen MR) is 105 cm³/mol. The highest BCUT2D eigenvalue weighted by Crippen LogP contribution is 2.10. The molecule has 1 atom stereocenters. The molecule has 0 aliphatic rings. The van der Waals surface area contributed by atoms with Crippen LogP contribution < -0.4 is 5.32 Å². The molecule has 1 unspecified atom stereocenters. The number of hydrogen-bond donors (Lipinski definition) is 1. The number of ether oxygens (including phenoxy) is 2. The molecule has 0 radical (unpaired) electrons. The molecule has 0 aromatic carbocycles. The van der Waals surface area contributed by atoms with Crippen LogP contribution in [0.2, 0.25) is 0 Å². The van der Waals surface area contributed by atoms with Gasteiger partial charge in [-0.05, 0) is 39.0 Å². The van der Waals surface area contributed by atoms with Crippen molar-refractivity contribution < 1.29 is 19.1 Å². The summed E-state index contributed by atoms with van der Waals surface area (Å²) in [6.45, 7) is 17.4. The lowest BCUT2D eigenvalue weighted by Gasteiger charge is -2.27. The van der Waals surface area contributed by atoms with Gasteiger partial charge in [-0.3, -0.25) is 0 Å². The quantitative estimate of drug-likeness (QED) is 0.597. The van der Waals surface area contributed by atoms with Crippen LogP contribution in [-0.4, -0.2) is 48.4 Å². The normalized spacial score (nSPS) is 12.8. The molecule has 6 nitrogen and oxygen atoms in total. The van der Waals surface area contributed by atoms with Gasteiger partial charge in [0.25, 0.3) is 0 Å². The van der Waals surface area contributed by atoms with Crippen LogP contribution >= 0.6 is 0 Å². The Hall–Kier alpha value is -1.46. The second-order valence-corrected chi connectivity index (χ2v) is 8.75. The third kappa shape index (κ3) is 12.8. The van der Waals surface area contributed by atoms with Gasteiger partial charge in [0, 0.05) is 13.1 Å². The van der Waals surface area contributed by atoms with Crippen LogP contribution in [0, 0.1) is 11.8 Å². The molecule has 0 rings (SSSR count). The van der Waals surface area contributed by atoms with Gasteiger partial charge in [-0.15, -0.1) is 0 Å². The van der Waals surface area contributed by atoms with Gasteiger partial charge in [-0.2, -0.15) is 0 Å². The number of nitrogens with one attached hydrogen (secondary N) is 1. The number of alkyl carbamates (subject to hydrolysis) is 1. The van der Waals surface area contributed by atoms with E-state index in [4.69, 9.17) is 9.47 Å². The van der Waals surface area contributed by atoms with Gasteiger partial charge in [0.15, 0.2) is 0 Å². The van der Waals surface area contributed by atoms with Crippen molar-refractivity contribution in [2.45, 2.75) is 86.3 Å². The topological polar surface area (TPSA) is 67.9 Å². The minimum absolute atomic E-state index is 0.158. The lowest BCUT2D eigenvalue weighted by atomic mass is 10.1. The number of hydrogen-bond acceptors (Lipinski definition) is 4. The molecule has 26 heavy (non-hydrogen) atoms. The predicted octanol–water partition coefficient (Wildman–Crippen LogP) is 4.82. The number of carbonyl (C=O) groups is 2. The Bertz CT molecular complexity index is 407. The Morgan fingerprint density at radius 3 is 2.00 bits per heavy atom. The van der Waals surface area contributed by atoms with Gasteiger partial charge in [0.05, 0.1) is 6.04 Å². The lowest BCUT2D eigenvalue weighted by Crippen LogP contribution is -2.44. The third-order valence-corrected chi connectivity index (χ3v) is 3.46. The zero-order valence-corrected chi connectivity index (χ0v) is 18.1. The summed E-state index contributed by atoms with van der Waals surface area (Å²) in [5, 5.41) is 2.83. The molecule has 0 saturated carbocycles. The minimum atomic E-state index is -0.554. The monoisotopic (exact) mass is 372 g/mol. The summed E-state index contributed by atoms with van der Waals surface area (Å²) in [6.07, 6.45) is 1.90. The first kappa shape index (κ1) is 24.5. The van der Waals surface area contributed by atoms with E-state index in [-0.39, 0.29) is 18.7 Å². The van der Waals surface area contributed by atoms with Gasteiger partial charge in [-0.1, -0.05) is 47.5 Å². The van der Waals surface area contributed by atoms with Crippen molar-refractivity contribution in [1.82, 2.24) is 10.2 Å². The fourth-order valence-electron chi connectivity index (χ4n) is 2.49. The molecule has 2 amide bonds. The number of unbranched alkanes of at least 4 members (excludes halogenated alkanes) is 1. The average Bonchev–Trinajstić information content (AvgIpc) is 2.46. The van der Waals surface area contributed by atoms with Crippen LogP contribution in [-0.2, 0) is 9.47 Å². The largest absolute Gasteiger partial charge is 0.447 e. The minimum Gasteiger partial charge on any atom is -0.447 e. The second kappa shape index (κ2) is 12.0. The maximum atomic E-state index is 12.5. The first-order valence-electron chi connectivity index (χ1n) is 9.85. The molecular weight excluding hydrogens is 332 g/mol. The zero-order chi connectivity index (χ0) is 20.3. The van der Waals surface area contributed by atoms with Crippen molar-refractivity contribution in [3.8, 4) is 0 Å². The third-order valence-electron chi connectivity index (χ3n) is 3.46. The molecule has 0 aromatic rings. The molecule has 0 heterocycles. The summed E-state index contributed by atoms with van der Waals surface area (Å²) >= 11 is 0. The van der Waals surface area contributed by atoms with E-state index in [1.54, 1.807) is 4.90 Å². The SMILES string of the molecule is CCCCC(COC(=O)N(CC(C)C)CC(C)C)NC(=O)OC(C)(C)C. The molecule has 6 heteroatoms. The molecule has 154 valence electrons. The summed E-state index contributed by atoms with van der Waals surface area (Å²) < 4.78 is 10.8. The fraction of sp³-hybridized carbons (Fsp3) is 0.900. The van der Waals surface area contributed by atoms with Gasteiger partial charge >= 0.3 is 12.2 Å². The molecular formula is C20H40N2O4. The van der Waals surface area contributed by atoms with E-state index in [9.17, 15) is 9.59 Å². The number of nitrogens with zero attached hydrogens (tertiary/aromatic N) is 1. The highest BCUT2D eigenvalue weighted by molar-refractivity contribution is 5.69. The highest BCUT2D eigenvalue weighted by Gasteiger charge is 2.22. The number of rotatable bonds is 10. The van der Waals surface area contributed by atoms with E-state index in [1.165, 1.54) is 0 Å². The number of carbonyl (C=O) groups excluding carboxylic acids is 2. The summed E-state index contributed by atoms with van der Waals surface area (Å²) in [5.41, 5.74) is -0.554. The smallest absolute Gasteiger partial charge is 0.409 e. The summed E-state index contributed by atoms with van der Waals surface area (Å²) in [4.78, 5) is 26.2. The van der Waals surface area contributed by atoms with E-state index < -0.39 is 11.7 Å². The number of amides is 2. The second-order valence-electron chi connectivity index (χ2n) is 8.75. The van der Waals surface area contributed by atoms with Crippen LogP contribution in [0.1, 0.15) is 74.7 Å². The van der Waals surface area contributed by atoms with Gasteiger partial charge in [0.2, 0.25) is 0 Å². The van der Waals surface area contributed by atoms with E-state index in [2.05, 4.69) is 39.9 Å². The first-order valence-corrected chi connectivity index (χ1v) is 9.85. The zero-order valence-electron chi connectivity index (χ0n) is 18.1. The first-order chi connectivity index (χ1) is 11.9. The molecule has 0 aliphatic carbocycles. The average molecular weight is 373 g/mol. The van der Waals surface area contributed by atoms with E-state index in [1.807, 2.05) is 20.8 Å². The Balaban J connectivity index is 4.72. The van der Waals surface area contributed by atoms with Crippen LogP contribution in [0.4, 0.5) is 9.59 Å². The summed E-state index contributed by atoms with van der Waals surface area (Å²) in [5.74, 6) is 0.745. The summed E-state index contributed by atoms with van der Waals surface area (Å²) in [7, 11) is 0. The maximum Gasteiger partial charge on any atom is 0.409 e. The maximum absolute atomic E-state index is 12.5. The van der Waals surface area contributed by atoms with Gasteiger partial charge in [0.1, 0.15) is 12.2 Å². The van der Waals surface area contributed by atoms with Crippen LogP contribution in [0.15, 0.2) is 0 Å². The van der Waals surface area contributed by atoms with E-state index in [0.717, 1.165) is 19.3 Å². The standard InChI is InChI=1S/C20H40N2O4/c1-9-10-11-17(21-18(23)26-20(6,7)8)14-25-19(24)22(12-15(2)3)13-16(4)5/h15-17H,9-14H2,1-8H3,(H,21,23). The Morgan fingerprint density at radius 2 is 1.58 bits per heavy atom. The van der Waals surface area contributed by atoms with Crippen LogP contribution in [0.3, 0.4) is 0 Å². The summed E-state index contributed by atoms with van der Waals surface area (Å²) in [6, 6.07) is -0.242. The van der Waals surface area contributed by atoms with Gasteiger partial charge < -0.3 is 19.7 Å². The molecule has 0 aromatic heterocycles. The Kier molecular flexibility index (Phi) is 11.3.